The Kier molecular flexibility index (Phi) is 6.90. The number of hydrogen-bond acceptors (Lipinski definition) is 0. The van der Waals surface area contributed by atoms with Gasteiger partial charge in [-0.15, -0.1) is 0 Å². The lowest BCUT2D eigenvalue weighted by Gasteiger charge is -2.39. The van der Waals surface area contributed by atoms with Crippen molar-refractivity contribution in [3.8, 4) is 0 Å². The Morgan fingerprint density at radius 3 is 1.91 bits per heavy atom. The van der Waals surface area contributed by atoms with Gasteiger partial charge in [-0.2, -0.15) is 0 Å². The third kappa shape index (κ3) is 4.99. The van der Waals surface area contributed by atoms with E-state index in [1.807, 2.05) is 0 Å². The van der Waals surface area contributed by atoms with E-state index < -0.39 is 0 Å². The van der Waals surface area contributed by atoms with Crippen LogP contribution in [0.25, 0.3) is 0 Å². The highest BCUT2D eigenvalue weighted by Gasteiger charge is 2.32. The van der Waals surface area contributed by atoms with Gasteiger partial charge in [0, 0.05) is 0 Å². The lowest BCUT2D eigenvalue weighted by atomic mass is 9.66. The maximum Gasteiger partial charge on any atom is -0.0386 e. The van der Waals surface area contributed by atoms with E-state index in [9.17, 15) is 0 Å². The third-order valence-corrected chi connectivity index (χ3v) is 8.15. The summed E-state index contributed by atoms with van der Waals surface area (Å²) in [6.07, 6.45) is 23.1. The molecular formula is C23H42. The predicted octanol–water partition coefficient (Wildman–Crippen LogP) is 7.62. The highest BCUT2D eigenvalue weighted by molar-refractivity contribution is 4.83. The highest BCUT2D eigenvalue weighted by Crippen LogP contribution is 2.44. The van der Waals surface area contributed by atoms with E-state index in [0.29, 0.717) is 0 Å². The smallest absolute Gasteiger partial charge is 0.0386 e. The summed E-state index contributed by atoms with van der Waals surface area (Å²) >= 11 is 0. The second kappa shape index (κ2) is 8.91. The Morgan fingerprint density at radius 1 is 0.783 bits per heavy atom. The Morgan fingerprint density at radius 2 is 1.39 bits per heavy atom. The van der Waals surface area contributed by atoms with Gasteiger partial charge in [-0.05, 0) is 74.0 Å². The zero-order valence-corrected chi connectivity index (χ0v) is 16.1. The van der Waals surface area contributed by atoms with Gasteiger partial charge < -0.3 is 0 Å². The molecule has 0 bridgehead atoms. The van der Waals surface area contributed by atoms with Crippen LogP contribution in [0, 0.1) is 35.5 Å². The Labute approximate surface area is 146 Å². The van der Waals surface area contributed by atoms with Gasteiger partial charge in [0.15, 0.2) is 0 Å². The van der Waals surface area contributed by atoms with E-state index >= 15 is 0 Å². The summed E-state index contributed by atoms with van der Waals surface area (Å²) in [6.45, 7) is 4.92. The van der Waals surface area contributed by atoms with Crippen molar-refractivity contribution in [2.75, 3.05) is 0 Å². The molecule has 0 aromatic heterocycles. The molecule has 0 amide bonds. The van der Waals surface area contributed by atoms with Crippen molar-refractivity contribution in [3.63, 3.8) is 0 Å². The van der Waals surface area contributed by atoms with Crippen LogP contribution in [0.15, 0.2) is 0 Å². The summed E-state index contributed by atoms with van der Waals surface area (Å²) < 4.78 is 0. The van der Waals surface area contributed by atoms with E-state index in [-0.39, 0.29) is 0 Å². The average molecular weight is 319 g/mol. The molecule has 23 heavy (non-hydrogen) atoms. The summed E-state index contributed by atoms with van der Waals surface area (Å²) in [5, 5.41) is 0. The van der Waals surface area contributed by atoms with Gasteiger partial charge in [0.25, 0.3) is 0 Å². The largest absolute Gasteiger partial charge is 0.0651 e. The molecule has 3 aliphatic rings. The van der Waals surface area contributed by atoms with Crippen molar-refractivity contribution < 1.29 is 0 Å². The summed E-state index contributed by atoms with van der Waals surface area (Å²) in [5.41, 5.74) is 0. The molecule has 0 N–H and O–H groups in total. The van der Waals surface area contributed by atoms with Crippen LogP contribution in [-0.2, 0) is 0 Å². The van der Waals surface area contributed by atoms with E-state index in [1.54, 1.807) is 64.2 Å². The predicted molar refractivity (Wildman–Crippen MR) is 102 cm³/mol. The molecule has 0 aliphatic heterocycles. The van der Waals surface area contributed by atoms with Crippen LogP contribution in [0.2, 0.25) is 0 Å². The zero-order valence-electron chi connectivity index (χ0n) is 16.1. The van der Waals surface area contributed by atoms with Crippen LogP contribution in [0.1, 0.15) is 110 Å². The molecule has 3 aliphatic carbocycles. The zero-order chi connectivity index (χ0) is 16.1. The summed E-state index contributed by atoms with van der Waals surface area (Å²) in [4.78, 5) is 0. The molecule has 0 saturated heterocycles. The molecule has 0 heteroatoms. The molecule has 0 radical (unpaired) electrons. The quantitative estimate of drug-likeness (QED) is 0.453. The first-order valence-corrected chi connectivity index (χ1v) is 11.3. The monoisotopic (exact) mass is 318 g/mol. The minimum absolute atomic E-state index is 1.02. The van der Waals surface area contributed by atoms with Crippen molar-refractivity contribution >= 4 is 0 Å². The maximum atomic E-state index is 2.46. The highest BCUT2D eigenvalue weighted by atomic mass is 14.4. The van der Waals surface area contributed by atoms with E-state index in [2.05, 4.69) is 13.8 Å². The second-order valence-electron chi connectivity index (χ2n) is 9.59. The van der Waals surface area contributed by atoms with Gasteiger partial charge in [0.1, 0.15) is 0 Å². The van der Waals surface area contributed by atoms with Gasteiger partial charge >= 0.3 is 0 Å². The normalized spacial score (nSPS) is 37.3. The Balaban J connectivity index is 1.36. The van der Waals surface area contributed by atoms with E-state index in [1.165, 1.54) is 32.1 Å². The minimum Gasteiger partial charge on any atom is -0.0651 e. The molecule has 0 heterocycles. The Hall–Kier alpha value is 0. The molecule has 3 saturated carbocycles. The molecule has 134 valence electrons. The fraction of sp³-hybridized carbons (Fsp3) is 1.00. The van der Waals surface area contributed by atoms with Crippen LogP contribution in [0.5, 0.6) is 0 Å². The SMILES string of the molecule is CCC(CCCC1CCC1)C1CCC(C2CCC(C)CC2)CC1. The van der Waals surface area contributed by atoms with Gasteiger partial charge in [-0.1, -0.05) is 71.6 Å². The number of hydrogen-bond donors (Lipinski definition) is 0. The van der Waals surface area contributed by atoms with E-state index in [4.69, 9.17) is 0 Å². The summed E-state index contributed by atoms with van der Waals surface area (Å²) in [6, 6.07) is 0. The standard InChI is InChI=1S/C23H42/c1-3-20(9-5-8-19-6-4-7-19)21-14-16-23(17-15-21)22-12-10-18(2)11-13-22/h18-23H,3-17H2,1-2H3. The molecule has 1 unspecified atom stereocenters. The fourth-order valence-electron chi connectivity index (χ4n) is 6.07. The lowest BCUT2D eigenvalue weighted by Crippen LogP contribution is -2.28. The van der Waals surface area contributed by atoms with Crippen LogP contribution in [0.4, 0.5) is 0 Å². The molecular weight excluding hydrogens is 276 g/mol. The molecule has 0 nitrogen and oxygen atoms in total. The molecule has 0 aromatic rings. The van der Waals surface area contributed by atoms with Crippen molar-refractivity contribution in [1.82, 2.24) is 0 Å². The van der Waals surface area contributed by atoms with Gasteiger partial charge in [0.2, 0.25) is 0 Å². The summed E-state index contributed by atoms with van der Waals surface area (Å²) in [7, 11) is 0. The minimum atomic E-state index is 1.02. The van der Waals surface area contributed by atoms with Gasteiger partial charge in [-0.25, -0.2) is 0 Å². The molecule has 3 rings (SSSR count). The van der Waals surface area contributed by atoms with Gasteiger partial charge in [-0.3, -0.25) is 0 Å². The summed E-state index contributed by atoms with van der Waals surface area (Å²) in [5.74, 6) is 6.49. The van der Waals surface area contributed by atoms with Crippen molar-refractivity contribution in [3.05, 3.63) is 0 Å². The topological polar surface area (TPSA) is 0 Å². The van der Waals surface area contributed by atoms with E-state index in [0.717, 1.165) is 35.5 Å². The third-order valence-electron chi connectivity index (χ3n) is 8.15. The molecule has 1 atom stereocenters. The van der Waals surface area contributed by atoms with Crippen LogP contribution < -0.4 is 0 Å². The van der Waals surface area contributed by atoms with Crippen LogP contribution >= 0.6 is 0 Å². The van der Waals surface area contributed by atoms with Crippen molar-refractivity contribution in [2.45, 2.75) is 110 Å². The van der Waals surface area contributed by atoms with Crippen LogP contribution in [0.3, 0.4) is 0 Å². The lowest BCUT2D eigenvalue weighted by molar-refractivity contribution is 0.121. The first-order valence-electron chi connectivity index (χ1n) is 11.3. The van der Waals surface area contributed by atoms with Crippen LogP contribution in [-0.4, -0.2) is 0 Å². The molecule has 0 aromatic carbocycles. The second-order valence-corrected chi connectivity index (χ2v) is 9.59. The van der Waals surface area contributed by atoms with Gasteiger partial charge in [0.05, 0.1) is 0 Å². The maximum absolute atomic E-state index is 2.46. The molecule has 3 fully saturated rings. The van der Waals surface area contributed by atoms with Crippen molar-refractivity contribution in [1.29, 1.82) is 0 Å². The number of rotatable bonds is 7. The molecule has 0 spiro atoms. The average Bonchev–Trinajstić information content (AvgIpc) is 2.54. The van der Waals surface area contributed by atoms with Crippen molar-refractivity contribution in [2.24, 2.45) is 35.5 Å². The first-order chi connectivity index (χ1) is 11.3. The first kappa shape index (κ1) is 17.8. The Bertz CT molecular complexity index is 313. The fourth-order valence-corrected chi connectivity index (χ4v) is 6.07.